The minimum absolute atomic E-state index is 0.0424. The van der Waals surface area contributed by atoms with Gasteiger partial charge >= 0.3 is 0 Å². The van der Waals surface area contributed by atoms with Gasteiger partial charge in [-0.05, 0) is 43.3 Å². The number of amides is 1. The number of hydrogen-bond donors (Lipinski definition) is 1. The first kappa shape index (κ1) is 19.8. The summed E-state index contributed by atoms with van der Waals surface area (Å²) >= 11 is 0. The van der Waals surface area contributed by atoms with Gasteiger partial charge in [0.15, 0.2) is 12.4 Å². The van der Waals surface area contributed by atoms with Crippen molar-refractivity contribution in [1.29, 1.82) is 0 Å². The second-order valence-corrected chi connectivity index (χ2v) is 7.10. The highest BCUT2D eigenvalue weighted by Gasteiger charge is 2.13. The van der Waals surface area contributed by atoms with Crippen molar-refractivity contribution in [1.82, 2.24) is 10.2 Å². The lowest BCUT2D eigenvalue weighted by Crippen LogP contribution is -2.36. The van der Waals surface area contributed by atoms with Gasteiger partial charge in [-0.2, -0.15) is 0 Å². The van der Waals surface area contributed by atoms with E-state index in [1.807, 2.05) is 67.6 Å². The second-order valence-electron chi connectivity index (χ2n) is 7.10. The van der Waals surface area contributed by atoms with Crippen LogP contribution >= 0.6 is 0 Å². The molecule has 30 heavy (non-hydrogen) atoms. The summed E-state index contributed by atoms with van der Waals surface area (Å²) in [5, 5.41) is 11.5. The number of hydrogen-bond acceptors (Lipinski definition) is 6. The number of nitrogens with one attached hydrogen (secondary N) is 1. The van der Waals surface area contributed by atoms with Crippen LogP contribution in [0.2, 0.25) is 0 Å². The Hall–Kier alpha value is -3.45. The molecule has 1 aromatic heterocycles. The maximum absolute atomic E-state index is 12.1. The molecule has 1 aliphatic heterocycles. The van der Waals surface area contributed by atoms with Gasteiger partial charge in [-0.15, -0.1) is 10.2 Å². The molecule has 0 atom stereocenters. The van der Waals surface area contributed by atoms with Gasteiger partial charge in [0.05, 0.1) is 18.9 Å². The maximum atomic E-state index is 12.1. The number of anilines is 2. The van der Waals surface area contributed by atoms with Crippen LogP contribution in [0.3, 0.4) is 0 Å². The fraction of sp³-hybridized carbons (Fsp3) is 0.261. The lowest BCUT2D eigenvalue weighted by atomic mass is 10.1. The first-order valence-corrected chi connectivity index (χ1v) is 9.93. The lowest BCUT2D eigenvalue weighted by Gasteiger charge is -2.27. The van der Waals surface area contributed by atoms with Crippen LogP contribution in [0.1, 0.15) is 5.56 Å². The van der Waals surface area contributed by atoms with Crippen LogP contribution in [0.5, 0.6) is 5.75 Å². The van der Waals surface area contributed by atoms with Crippen molar-refractivity contribution in [3.63, 3.8) is 0 Å². The van der Waals surface area contributed by atoms with Crippen molar-refractivity contribution in [2.75, 3.05) is 43.1 Å². The summed E-state index contributed by atoms with van der Waals surface area (Å²) in [7, 11) is 0. The molecule has 3 aromatic rings. The summed E-state index contributed by atoms with van der Waals surface area (Å²) in [6, 6.07) is 19.0. The SMILES string of the molecule is Cc1ccc(OCC(=O)Nc2ccc(-c3ccc(N4CCOCC4)nn3)cc2)cc1. The van der Waals surface area contributed by atoms with E-state index < -0.39 is 0 Å². The van der Waals surface area contributed by atoms with E-state index in [9.17, 15) is 4.79 Å². The zero-order chi connectivity index (χ0) is 20.8. The van der Waals surface area contributed by atoms with Gasteiger partial charge in [0.2, 0.25) is 0 Å². The van der Waals surface area contributed by atoms with Crippen molar-refractivity contribution in [2.45, 2.75) is 6.92 Å². The summed E-state index contributed by atoms with van der Waals surface area (Å²) < 4.78 is 10.9. The molecule has 0 radical (unpaired) electrons. The second kappa shape index (κ2) is 9.37. The Labute approximate surface area is 175 Å². The Morgan fingerprint density at radius 2 is 1.73 bits per heavy atom. The van der Waals surface area contributed by atoms with Gasteiger partial charge in [0.25, 0.3) is 5.91 Å². The number of carbonyl (C=O) groups excluding carboxylic acids is 1. The van der Waals surface area contributed by atoms with E-state index in [0.29, 0.717) is 24.7 Å². The van der Waals surface area contributed by atoms with Gasteiger partial charge in [-0.1, -0.05) is 29.8 Å². The van der Waals surface area contributed by atoms with Crippen molar-refractivity contribution >= 4 is 17.4 Å². The molecule has 7 heteroatoms. The van der Waals surface area contributed by atoms with Crippen LogP contribution in [-0.4, -0.2) is 49.0 Å². The molecule has 1 fully saturated rings. The van der Waals surface area contributed by atoms with Gasteiger partial charge in [-0.25, -0.2) is 0 Å². The molecule has 1 amide bonds. The molecule has 4 rings (SSSR count). The molecule has 1 saturated heterocycles. The summed E-state index contributed by atoms with van der Waals surface area (Å²) in [5.74, 6) is 1.32. The van der Waals surface area contributed by atoms with Crippen molar-refractivity contribution in [3.05, 3.63) is 66.2 Å². The predicted octanol–water partition coefficient (Wildman–Crippen LogP) is 3.31. The number of aryl methyl sites for hydroxylation is 1. The van der Waals surface area contributed by atoms with Crippen LogP contribution in [0.25, 0.3) is 11.3 Å². The normalized spacial score (nSPS) is 13.7. The summed E-state index contributed by atoms with van der Waals surface area (Å²) in [6.45, 7) is 5.05. The highest BCUT2D eigenvalue weighted by atomic mass is 16.5. The maximum Gasteiger partial charge on any atom is 0.262 e. The summed E-state index contributed by atoms with van der Waals surface area (Å²) in [4.78, 5) is 14.3. The van der Waals surface area contributed by atoms with Crippen LogP contribution in [0, 0.1) is 6.92 Å². The molecule has 1 N–H and O–H groups in total. The van der Waals surface area contributed by atoms with Crippen LogP contribution in [0.15, 0.2) is 60.7 Å². The van der Waals surface area contributed by atoms with E-state index in [4.69, 9.17) is 9.47 Å². The number of morpholine rings is 1. The quantitative estimate of drug-likeness (QED) is 0.679. The van der Waals surface area contributed by atoms with Gasteiger partial charge in [0.1, 0.15) is 5.75 Å². The zero-order valence-electron chi connectivity index (χ0n) is 16.9. The highest BCUT2D eigenvalue weighted by Crippen LogP contribution is 2.21. The smallest absolute Gasteiger partial charge is 0.262 e. The van der Waals surface area contributed by atoms with Crippen molar-refractivity contribution in [3.8, 4) is 17.0 Å². The van der Waals surface area contributed by atoms with Gasteiger partial charge in [-0.3, -0.25) is 4.79 Å². The number of rotatable bonds is 6. The zero-order valence-corrected chi connectivity index (χ0v) is 16.9. The Bertz CT molecular complexity index is 967. The Kier molecular flexibility index (Phi) is 6.20. The Morgan fingerprint density at radius 1 is 1.00 bits per heavy atom. The Morgan fingerprint density at radius 3 is 2.40 bits per heavy atom. The number of aromatic nitrogens is 2. The van der Waals surface area contributed by atoms with Crippen molar-refractivity contribution < 1.29 is 14.3 Å². The highest BCUT2D eigenvalue weighted by molar-refractivity contribution is 5.92. The molecule has 1 aliphatic rings. The van der Waals surface area contributed by atoms with E-state index in [0.717, 1.165) is 35.7 Å². The number of nitrogens with zero attached hydrogens (tertiary/aromatic N) is 3. The molecular weight excluding hydrogens is 380 g/mol. The molecule has 0 saturated carbocycles. The van der Waals surface area contributed by atoms with E-state index in [-0.39, 0.29) is 12.5 Å². The average Bonchev–Trinajstić information content (AvgIpc) is 2.80. The summed E-state index contributed by atoms with van der Waals surface area (Å²) in [5.41, 5.74) is 3.57. The molecule has 0 spiro atoms. The van der Waals surface area contributed by atoms with E-state index in [1.54, 1.807) is 0 Å². The minimum Gasteiger partial charge on any atom is -0.484 e. The largest absolute Gasteiger partial charge is 0.484 e. The first-order chi connectivity index (χ1) is 14.7. The third-order valence-electron chi connectivity index (χ3n) is 4.84. The van der Waals surface area contributed by atoms with Crippen LogP contribution in [-0.2, 0) is 9.53 Å². The number of benzene rings is 2. The standard InChI is InChI=1S/C23H24N4O3/c1-17-2-8-20(9-3-17)30-16-23(28)24-19-6-4-18(5-7-19)21-10-11-22(26-25-21)27-12-14-29-15-13-27/h2-11H,12-16H2,1H3,(H,24,28). The number of ether oxygens (including phenoxy) is 2. The van der Waals surface area contributed by atoms with E-state index in [2.05, 4.69) is 20.4 Å². The monoisotopic (exact) mass is 404 g/mol. The average molecular weight is 404 g/mol. The fourth-order valence-electron chi connectivity index (χ4n) is 3.15. The minimum atomic E-state index is -0.210. The topological polar surface area (TPSA) is 76.6 Å². The third kappa shape index (κ3) is 5.12. The van der Waals surface area contributed by atoms with Gasteiger partial charge < -0.3 is 19.7 Å². The molecule has 0 aliphatic carbocycles. The Balaban J connectivity index is 1.32. The van der Waals surface area contributed by atoms with E-state index in [1.165, 1.54) is 0 Å². The molecule has 154 valence electrons. The fourth-order valence-corrected chi connectivity index (χ4v) is 3.15. The van der Waals surface area contributed by atoms with Gasteiger partial charge in [0, 0.05) is 24.3 Å². The third-order valence-corrected chi connectivity index (χ3v) is 4.84. The predicted molar refractivity (Wildman–Crippen MR) is 116 cm³/mol. The first-order valence-electron chi connectivity index (χ1n) is 9.93. The molecule has 0 unspecified atom stereocenters. The van der Waals surface area contributed by atoms with Crippen LogP contribution in [0.4, 0.5) is 11.5 Å². The molecular formula is C23H24N4O3. The molecule has 0 bridgehead atoms. The molecule has 2 heterocycles. The number of carbonyl (C=O) groups is 1. The van der Waals surface area contributed by atoms with Crippen LogP contribution < -0.4 is 15.0 Å². The molecule has 7 nitrogen and oxygen atoms in total. The lowest BCUT2D eigenvalue weighted by molar-refractivity contribution is -0.118. The molecule has 2 aromatic carbocycles. The summed E-state index contributed by atoms with van der Waals surface area (Å²) in [6.07, 6.45) is 0. The van der Waals surface area contributed by atoms with Crippen molar-refractivity contribution in [2.24, 2.45) is 0 Å². The van der Waals surface area contributed by atoms with E-state index >= 15 is 0 Å².